The van der Waals surface area contributed by atoms with Crippen LogP contribution in [0.15, 0.2) is 9.95 Å². The molecule has 0 aliphatic heterocycles. The van der Waals surface area contributed by atoms with E-state index in [2.05, 4.69) is 23.8 Å². The summed E-state index contributed by atoms with van der Waals surface area (Å²) in [4.78, 5) is 21.6. The number of hydrogen-bond acceptors (Lipinski definition) is 5. The number of aromatic nitrogens is 2. The van der Waals surface area contributed by atoms with E-state index in [4.69, 9.17) is 5.73 Å². The number of fused-ring (bicyclic) bond motifs is 1. The predicted octanol–water partition coefficient (Wildman–Crippen LogP) is 3.21. The standard InChI is InChI=1S/C14H21N3OS2/c1-5-14(15,6-2)7-19-13-16-11(18)10-8(3)9(4)20-12(10)17-13/h5-7,15H2,1-4H3,(H,16,17,18). The molecule has 0 aliphatic rings. The lowest BCUT2D eigenvalue weighted by Crippen LogP contribution is -2.41. The number of hydrogen-bond donors (Lipinski definition) is 2. The van der Waals surface area contributed by atoms with E-state index in [0.717, 1.165) is 39.3 Å². The van der Waals surface area contributed by atoms with Gasteiger partial charge in [-0.2, -0.15) is 0 Å². The first kappa shape index (κ1) is 15.5. The van der Waals surface area contributed by atoms with Crippen LogP contribution in [0.2, 0.25) is 0 Å². The van der Waals surface area contributed by atoms with Crippen molar-refractivity contribution in [1.82, 2.24) is 9.97 Å². The number of thiophene rings is 1. The van der Waals surface area contributed by atoms with Crippen LogP contribution in [0.1, 0.15) is 37.1 Å². The number of H-pyrrole nitrogens is 1. The molecule has 0 aliphatic carbocycles. The van der Waals surface area contributed by atoms with Crippen LogP contribution in [0, 0.1) is 13.8 Å². The fraction of sp³-hybridized carbons (Fsp3) is 0.571. The van der Waals surface area contributed by atoms with Gasteiger partial charge >= 0.3 is 0 Å². The summed E-state index contributed by atoms with van der Waals surface area (Å²) in [5, 5.41) is 1.39. The molecule has 110 valence electrons. The Kier molecular flexibility index (Phi) is 4.56. The van der Waals surface area contributed by atoms with E-state index in [-0.39, 0.29) is 11.1 Å². The van der Waals surface area contributed by atoms with Gasteiger partial charge in [0.05, 0.1) is 5.39 Å². The molecule has 20 heavy (non-hydrogen) atoms. The van der Waals surface area contributed by atoms with Crippen LogP contribution in [0.4, 0.5) is 0 Å². The summed E-state index contributed by atoms with van der Waals surface area (Å²) in [6.45, 7) is 8.18. The van der Waals surface area contributed by atoms with Crippen molar-refractivity contribution < 1.29 is 0 Å². The Balaban J connectivity index is 2.31. The van der Waals surface area contributed by atoms with E-state index >= 15 is 0 Å². The number of aromatic amines is 1. The summed E-state index contributed by atoms with van der Waals surface area (Å²) in [6.07, 6.45) is 1.83. The molecule has 2 rings (SSSR count). The molecule has 0 saturated heterocycles. The van der Waals surface area contributed by atoms with Gasteiger partial charge in [0.25, 0.3) is 5.56 Å². The van der Waals surface area contributed by atoms with Gasteiger partial charge in [0, 0.05) is 16.2 Å². The molecule has 0 aromatic carbocycles. The number of nitrogens with two attached hydrogens (primary N) is 1. The molecule has 0 spiro atoms. The molecular formula is C14H21N3OS2. The smallest absolute Gasteiger partial charge is 0.260 e. The van der Waals surface area contributed by atoms with Crippen LogP contribution in [0.25, 0.3) is 10.2 Å². The predicted molar refractivity (Wildman–Crippen MR) is 87.9 cm³/mol. The van der Waals surface area contributed by atoms with E-state index in [0.29, 0.717) is 5.16 Å². The largest absolute Gasteiger partial charge is 0.324 e. The second kappa shape index (κ2) is 5.87. The van der Waals surface area contributed by atoms with E-state index in [1.54, 1.807) is 11.3 Å². The maximum absolute atomic E-state index is 12.2. The topological polar surface area (TPSA) is 71.8 Å². The Hall–Kier alpha value is -0.850. The molecule has 2 aromatic heterocycles. The third kappa shape index (κ3) is 2.92. The summed E-state index contributed by atoms with van der Waals surface area (Å²) in [5.74, 6) is 0.762. The molecule has 0 bridgehead atoms. The van der Waals surface area contributed by atoms with Crippen molar-refractivity contribution >= 4 is 33.3 Å². The second-order valence-corrected chi connectivity index (χ2v) is 7.36. The highest BCUT2D eigenvalue weighted by molar-refractivity contribution is 7.99. The Morgan fingerprint density at radius 1 is 1.35 bits per heavy atom. The highest BCUT2D eigenvalue weighted by Gasteiger charge is 2.21. The third-order valence-electron chi connectivity index (χ3n) is 3.92. The van der Waals surface area contributed by atoms with Crippen molar-refractivity contribution in [2.45, 2.75) is 51.2 Å². The molecule has 3 N–H and O–H groups in total. The first-order valence-electron chi connectivity index (χ1n) is 6.82. The highest BCUT2D eigenvalue weighted by Crippen LogP contribution is 2.28. The Morgan fingerprint density at radius 2 is 2.00 bits per heavy atom. The summed E-state index contributed by atoms with van der Waals surface area (Å²) in [5.41, 5.74) is 7.08. The molecule has 0 fully saturated rings. The van der Waals surface area contributed by atoms with Gasteiger partial charge in [0.1, 0.15) is 4.83 Å². The normalized spacial score (nSPS) is 12.2. The molecule has 0 unspecified atom stereocenters. The van der Waals surface area contributed by atoms with Crippen molar-refractivity contribution in [3.05, 3.63) is 20.8 Å². The van der Waals surface area contributed by atoms with Crippen LogP contribution in [-0.2, 0) is 0 Å². The van der Waals surface area contributed by atoms with Gasteiger partial charge in [-0.05, 0) is 32.3 Å². The van der Waals surface area contributed by atoms with Crippen LogP contribution in [-0.4, -0.2) is 21.3 Å². The molecule has 6 heteroatoms. The number of nitrogens with one attached hydrogen (secondary N) is 1. The number of thioether (sulfide) groups is 1. The highest BCUT2D eigenvalue weighted by atomic mass is 32.2. The first-order chi connectivity index (χ1) is 9.40. The lowest BCUT2D eigenvalue weighted by Gasteiger charge is -2.25. The number of nitrogens with zero attached hydrogens (tertiary/aromatic N) is 1. The zero-order valence-corrected chi connectivity index (χ0v) is 14.0. The van der Waals surface area contributed by atoms with Gasteiger partial charge in [-0.15, -0.1) is 11.3 Å². The van der Waals surface area contributed by atoms with Gasteiger partial charge in [0.2, 0.25) is 0 Å². The zero-order valence-electron chi connectivity index (χ0n) is 12.4. The Morgan fingerprint density at radius 3 is 2.60 bits per heavy atom. The molecule has 4 nitrogen and oxygen atoms in total. The van der Waals surface area contributed by atoms with Crippen LogP contribution < -0.4 is 11.3 Å². The Bertz CT molecular complexity index is 671. The first-order valence-corrected chi connectivity index (χ1v) is 8.62. The zero-order chi connectivity index (χ0) is 14.9. The summed E-state index contributed by atoms with van der Waals surface area (Å²) >= 11 is 3.11. The number of rotatable bonds is 5. The van der Waals surface area contributed by atoms with Crippen molar-refractivity contribution in [3.8, 4) is 0 Å². The monoisotopic (exact) mass is 311 g/mol. The SMILES string of the molecule is CCC(N)(CC)CSc1nc2sc(C)c(C)c2c(=O)[nH]1. The number of aryl methyl sites for hydroxylation is 2. The van der Waals surface area contributed by atoms with Crippen LogP contribution in [0.3, 0.4) is 0 Å². The molecule has 0 radical (unpaired) electrons. The second-order valence-electron chi connectivity index (χ2n) is 5.19. The van der Waals surface area contributed by atoms with E-state index in [9.17, 15) is 4.79 Å². The fourth-order valence-electron chi connectivity index (χ4n) is 1.97. The van der Waals surface area contributed by atoms with Crippen LogP contribution in [0.5, 0.6) is 0 Å². The van der Waals surface area contributed by atoms with E-state index in [1.807, 2.05) is 13.8 Å². The van der Waals surface area contributed by atoms with Crippen molar-refractivity contribution in [1.29, 1.82) is 0 Å². The molecule has 0 amide bonds. The van der Waals surface area contributed by atoms with Gasteiger partial charge in [-0.3, -0.25) is 4.79 Å². The summed E-state index contributed by atoms with van der Waals surface area (Å²) in [7, 11) is 0. The quantitative estimate of drug-likeness (QED) is 0.657. The maximum atomic E-state index is 12.2. The van der Waals surface area contributed by atoms with Gasteiger partial charge in [-0.25, -0.2) is 4.98 Å². The lowest BCUT2D eigenvalue weighted by atomic mass is 9.97. The Labute approximate surface area is 127 Å². The van der Waals surface area contributed by atoms with E-state index < -0.39 is 0 Å². The summed E-state index contributed by atoms with van der Waals surface area (Å²) in [6, 6.07) is 0. The van der Waals surface area contributed by atoms with Gasteiger partial charge in [0.15, 0.2) is 5.16 Å². The van der Waals surface area contributed by atoms with Gasteiger partial charge in [-0.1, -0.05) is 25.6 Å². The lowest BCUT2D eigenvalue weighted by molar-refractivity contribution is 0.446. The summed E-state index contributed by atoms with van der Waals surface area (Å²) < 4.78 is 0. The molecular weight excluding hydrogens is 290 g/mol. The maximum Gasteiger partial charge on any atom is 0.260 e. The minimum absolute atomic E-state index is 0.0463. The minimum Gasteiger partial charge on any atom is -0.324 e. The molecule has 2 aromatic rings. The molecule has 0 saturated carbocycles. The average Bonchev–Trinajstić information content (AvgIpc) is 2.72. The van der Waals surface area contributed by atoms with E-state index in [1.165, 1.54) is 11.8 Å². The molecule has 0 atom stereocenters. The minimum atomic E-state index is -0.195. The molecule has 2 heterocycles. The average molecular weight is 311 g/mol. The van der Waals surface area contributed by atoms with Crippen molar-refractivity contribution in [2.24, 2.45) is 5.73 Å². The van der Waals surface area contributed by atoms with Crippen molar-refractivity contribution in [3.63, 3.8) is 0 Å². The van der Waals surface area contributed by atoms with Crippen LogP contribution >= 0.6 is 23.1 Å². The van der Waals surface area contributed by atoms with Gasteiger partial charge < -0.3 is 10.7 Å². The fourth-order valence-corrected chi connectivity index (χ4v) is 4.21. The van der Waals surface area contributed by atoms with Crippen molar-refractivity contribution in [2.75, 3.05) is 5.75 Å². The third-order valence-corrected chi connectivity index (χ3v) is 6.21.